The lowest BCUT2D eigenvalue weighted by atomic mass is 9.73. The Labute approximate surface area is 106 Å². The minimum Gasteiger partial charge on any atom is -0.365 e. The summed E-state index contributed by atoms with van der Waals surface area (Å²) in [7, 11) is 0. The van der Waals surface area contributed by atoms with Gasteiger partial charge in [0.05, 0.1) is 6.33 Å². The van der Waals surface area contributed by atoms with Gasteiger partial charge in [-0.1, -0.05) is 38.3 Å². The van der Waals surface area contributed by atoms with Crippen molar-refractivity contribution < 1.29 is 0 Å². The third kappa shape index (κ3) is 2.63. The highest BCUT2D eigenvalue weighted by Gasteiger charge is 2.32. The molecule has 5 heteroatoms. The van der Waals surface area contributed by atoms with E-state index in [0.717, 1.165) is 6.42 Å². The van der Waals surface area contributed by atoms with E-state index in [1.54, 1.807) is 0 Å². The van der Waals surface area contributed by atoms with E-state index in [2.05, 4.69) is 29.1 Å². The van der Waals surface area contributed by atoms with Crippen LogP contribution in [0, 0.1) is 5.41 Å². The van der Waals surface area contributed by atoms with Gasteiger partial charge in [-0.25, -0.2) is 4.98 Å². The standard InChI is InChI=1S/C12H18ClN3O/c1-12(2)6-4-3-5-8(12)16-10-9(13)11(17)15-7-14-10/h7-8H,3-6H2,1-2H3,(H2,14,15,16,17). The molecule has 1 aromatic rings. The van der Waals surface area contributed by atoms with Crippen molar-refractivity contribution in [3.05, 3.63) is 21.7 Å². The number of aromatic nitrogens is 2. The number of aromatic amines is 1. The van der Waals surface area contributed by atoms with Crippen LogP contribution in [-0.2, 0) is 0 Å². The van der Waals surface area contributed by atoms with Gasteiger partial charge in [0, 0.05) is 6.04 Å². The number of anilines is 1. The Hall–Kier alpha value is -1.03. The third-order valence-corrected chi connectivity index (χ3v) is 3.97. The average molecular weight is 256 g/mol. The zero-order valence-electron chi connectivity index (χ0n) is 10.2. The van der Waals surface area contributed by atoms with Crippen LogP contribution in [-0.4, -0.2) is 16.0 Å². The third-order valence-electron chi connectivity index (χ3n) is 3.61. The van der Waals surface area contributed by atoms with Crippen molar-refractivity contribution in [3.63, 3.8) is 0 Å². The number of H-pyrrole nitrogens is 1. The molecule has 0 radical (unpaired) electrons. The molecule has 17 heavy (non-hydrogen) atoms. The van der Waals surface area contributed by atoms with E-state index < -0.39 is 0 Å². The number of rotatable bonds is 2. The molecule has 2 N–H and O–H groups in total. The lowest BCUT2D eigenvalue weighted by molar-refractivity contribution is 0.216. The first-order chi connectivity index (χ1) is 8.00. The van der Waals surface area contributed by atoms with Crippen LogP contribution in [0.25, 0.3) is 0 Å². The Kier molecular flexibility index (Phi) is 3.43. The van der Waals surface area contributed by atoms with Crippen molar-refractivity contribution in [2.45, 2.75) is 45.6 Å². The van der Waals surface area contributed by atoms with Crippen LogP contribution < -0.4 is 10.9 Å². The minimum atomic E-state index is -0.294. The molecule has 1 heterocycles. The smallest absolute Gasteiger partial charge is 0.271 e. The highest BCUT2D eigenvalue weighted by Crippen LogP contribution is 2.37. The lowest BCUT2D eigenvalue weighted by Gasteiger charge is -2.39. The van der Waals surface area contributed by atoms with Crippen LogP contribution in [0.3, 0.4) is 0 Å². The van der Waals surface area contributed by atoms with Gasteiger partial charge in [-0.2, -0.15) is 0 Å². The average Bonchev–Trinajstić information content (AvgIpc) is 2.27. The number of hydrogen-bond acceptors (Lipinski definition) is 3. The molecule has 0 amide bonds. The van der Waals surface area contributed by atoms with Gasteiger partial charge < -0.3 is 10.3 Å². The molecule has 1 atom stereocenters. The summed E-state index contributed by atoms with van der Waals surface area (Å²) >= 11 is 5.94. The van der Waals surface area contributed by atoms with Crippen molar-refractivity contribution in [2.24, 2.45) is 5.41 Å². The monoisotopic (exact) mass is 255 g/mol. The Morgan fingerprint density at radius 1 is 1.53 bits per heavy atom. The van der Waals surface area contributed by atoms with E-state index in [1.807, 2.05) is 0 Å². The Bertz CT molecular complexity index is 455. The van der Waals surface area contributed by atoms with Gasteiger partial charge in [-0.15, -0.1) is 0 Å². The van der Waals surface area contributed by atoms with E-state index in [4.69, 9.17) is 11.6 Å². The predicted octanol–water partition coefficient (Wildman–Crippen LogP) is 2.80. The molecule has 1 aliphatic rings. The first-order valence-electron chi connectivity index (χ1n) is 6.00. The number of nitrogens with zero attached hydrogens (tertiary/aromatic N) is 1. The summed E-state index contributed by atoms with van der Waals surface area (Å²) in [6, 6.07) is 0.322. The Balaban J connectivity index is 2.20. The normalized spacial score (nSPS) is 23.4. The van der Waals surface area contributed by atoms with Gasteiger partial charge in [0.25, 0.3) is 5.56 Å². The van der Waals surface area contributed by atoms with E-state index >= 15 is 0 Å². The van der Waals surface area contributed by atoms with Crippen molar-refractivity contribution >= 4 is 17.4 Å². The molecular weight excluding hydrogens is 238 g/mol. The maximum atomic E-state index is 11.4. The quantitative estimate of drug-likeness (QED) is 0.854. The molecule has 1 aromatic heterocycles. The van der Waals surface area contributed by atoms with E-state index in [1.165, 1.54) is 25.6 Å². The summed E-state index contributed by atoms with van der Waals surface area (Å²) < 4.78 is 0. The maximum Gasteiger partial charge on any atom is 0.271 e. The van der Waals surface area contributed by atoms with Crippen molar-refractivity contribution in [2.75, 3.05) is 5.32 Å². The summed E-state index contributed by atoms with van der Waals surface area (Å²) in [6.45, 7) is 4.48. The maximum absolute atomic E-state index is 11.4. The number of halogens is 1. The topological polar surface area (TPSA) is 57.8 Å². The second-order valence-corrected chi connectivity index (χ2v) is 5.70. The highest BCUT2D eigenvalue weighted by molar-refractivity contribution is 6.32. The Morgan fingerprint density at radius 2 is 2.29 bits per heavy atom. The summed E-state index contributed by atoms with van der Waals surface area (Å²) in [5, 5.41) is 3.46. The molecule has 0 spiro atoms. The first-order valence-corrected chi connectivity index (χ1v) is 6.38. The molecule has 0 bridgehead atoms. The second-order valence-electron chi connectivity index (χ2n) is 5.33. The van der Waals surface area contributed by atoms with Crippen LogP contribution in [0.5, 0.6) is 0 Å². The van der Waals surface area contributed by atoms with Crippen molar-refractivity contribution in [1.29, 1.82) is 0 Å². The summed E-state index contributed by atoms with van der Waals surface area (Å²) in [4.78, 5) is 17.9. The SMILES string of the molecule is CC1(C)CCCCC1Nc1nc[nH]c(=O)c1Cl. The molecule has 94 valence electrons. The fraction of sp³-hybridized carbons (Fsp3) is 0.667. The fourth-order valence-electron chi connectivity index (χ4n) is 2.41. The molecule has 2 rings (SSSR count). The summed E-state index contributed by atoms with van der Waals surface area (Å²) in [6.07, 6.45) is 6.14. The summed E-state index contributed by atoms with van der Waals surface area (Å²) in [5.74, 6) is 0.496. The highest BCUT2D eigenvalue weighted by atomic mass is 35.5. The van der Waals surface area contributed by atoms with Gasteiger partial charge in [0.2, 0.25) is 0 Å². The predicted molar refractivity (Wildman–Crippen MR) is 69.5 cm³/mol. The van der Waals surface area contributed by atoms with Crippen LogP contribution in [0.1, 0.15) is 39.5 Å². The van der Waals surface area contributed by atoms with Gasteiger partial charge in [-0.05, 0) is 18.3 Å². The zero-order valence-corrected chi connectivity index (χ0v) is 11.0. The molecule has 1 aliphatic carbocycles. The summed E-state index contributed by atoms with van der Waals surface area (Å²) in [5.41, 5.74) is -0.0796. The molecule has 1 unspecified atom stereocenters. The molecule has 0 aromatic carbocycles. The minimum absolute atomic E-state index is 0.147. The molecule has 0 saturated heterocycles. The molecule has 0 aliphatic heterocycles. The van der Waals surface area contributed by atoms with Gasteiger partial charge in [0.1, 0.15) is 5.02 Å². The first kappa shape index (κ1) is 12.4. The van der Waals surface area contributed by atoms with Crippen LogP contribution in [0.15, 0.2) is 11.1 Å². The van der Waals surface area contributed by atoms with E-state index in [-0.39, 0.29) is 16.0 Å². The zero-order chi connectivity index (χ0) is 12.5. The van der Waals surface area contributed by atoms with E-state index in [9.17, 15) is 4.79 Å². The van der Waals surface area contributed by atoms with Crippen molar-refractivity contribution in [3.8, 4) is 0 Å². The van der Waals surface area contributed by atoms with Crippen LogP contribution in [0.4, 0.5) is 5.82 Å². The number of nitrogens with one attached hydrogen (secondary N) is 2. The molecule has 1 saturated carbocycles. The largest absolute Gasteiger partial charge is 0.365 e. The number of hydrogen-bond donors (Lipinski definition) is 2. The molecular formula is C12H18ClN3O. The molecule has 4 nitrogen and oxygen atoms in total. The second kappa shape index (κ2) is 4.69. The Morgan fingerprint density at radius 3 is 3.00 bits per heavy atom. The fourth-order valence-corrected chi connectivity index (χ4v) is 2.57. The van der Waals surface area contributed by atoms with Crippen LogP contribution >= 0.6 is 11.6 Å². The molecule has 1 fully saturated rings. The van der Waals surface area contributed by atoms with Crippen LogP contribution in [0.2, 0.25) is 5.02 Å². The van der Waals surface area contributed by atoms with E-state index in [0.29, 0.717) is 11.9 Å². The lowest BCUT2D eigenvalue weighted by Crippen LogP contribution is -2.39. The van der Waals surface area contributed by atoms with Gasteiger partial charge in [0.15, 0.2) is 5.82 Å². The van der Waals surface area contributed by atoms with Gasteiger partial charge >= 0.3 is 0 Å². The van der Waals surface area contributed by atoms with Gasteiger partial charge in [-0.3, -0.25) is 4.79 Å². The van der Waals surface area contributed by atoms with Crippen molar-refractivity contribution in [1.82, 2.24) is 9.97 Å².